The minimum Gasteiger partial charge on any atom is -0.347 e. The maximum absolute atomic E-state index is 11.1. The summed E-state index contributed by atoms with van der Waals surface area (Å²) in [6.45, 7) is 1.64. The third-order valence-electron chi connectivity index (χ3n) is 3.24. The second-order valence-corrected chi connectivity index (χ2v) is 5.37. The molecule has 2 rings (SSSR count). The second-order valence-electron chi connectivity index (χ2n) is 4.99. The molecule has 0 amide bonds. The van der Waals surface area contributed by atoms with E-state index < -0.39 is 4.92 Å². The van der Waals surface area contributed by atoms with Crippen molar-refractivity contribution in [2.75, 3.05) is 32.1 Å². The van der Waals surface area contributed by atoms with Gasteiger partial charge in [0.15, 0.2) is 0 Å². The van der Waals surface area contributed by atoms with E-state index in [-0.39, 0.29) is 16.9 Å². The van der Waals surface area contributed by atoms with E-state index in [0.29, 0.717) is 5.82 Å². The molecule has 1 fully saturated rings. The van der Waals surface area contributed by atoms with E-state index in [1.54, 1.807) is 0 Å². The number of aromatic nitrogens is 1. The van der Waals surface area contributed by atoms with Crippen LogP contribution in [0.1, 0.15) is 12.8 Å². The van der Waals surface area contributed by atoms with Crippen molar-refractivity contribution in [1.29, 1.82) is 0 Å². The molecule has 1 atom stereocenters. The van der Waals surface area contributed by atoms with Crippen molar-refractivity contribution in [1.82, 2.24) is 9.88 Å². The Morgan fingerprint density at radius 3 is 2.95 bits per heavy atom. The topological polar surface area (TPSA) is 62.5 Å². The van der Waals surface area contributed by atoms with Crippen molar-refractivity contribution in [2.24, 2.45) is 0 Å². The number of hydrogen-bond donors (Lipinski definition) is 0. The van der Waals surface area contributed by atoms with E-state index >= 15 is 0 Å². The first-order valence-corrected chi connectivity index (χ1v) is 6.59. The molecule has 6 nitrogen and oxygen atoms in total. The molecule has 1 aliphatic heterocycles. The van der Waals surface area contributed by atoms with E-state index in [1.165, 1.54) is 12.1 Å². The first-order valence-electron chi connectivity index (χ1n) is 6.21. The number of anilines is 1. The van der Waals surface area contributed by atoms with Crippen LogP contribution in [0.15, 0.2) is 12.1 Å². The van der Waals surface area contributed by atoms with Crippen LogP contribution in [0.5, 0.6) is 0 Å². The maximum Gasteiger partial charge on any atom is 0.311 e. The van der Waals surface area contributed by atoms with Gasteiger partial charge < -0.3 is 9.80 Å². The highest BCUT2D eigenvalue weighted by Crippen LogP contribution is 2.33. The SMILES string of the molecule is CN(C)CC1CCCN1c1nc(Cl)ccc1[N+](=O)[O-]. The fourth-order valence-electron chi connectivity index (χ4n) is 2.50. The van der Waals surface area contributed by atoms with Crippen LogP contribution < -0.4 is 4.90 Å². The molecule has 0 N–H and O–H groups in total. The lowest BCUT2D eigenvalue weighted by Crippen LogP contribution is -2.38. The Labute approximate surface area is 117 Å². The standard InChI is InChI=1S/C12H17ClN4O2/c1-15(2)8-9-4-3-7-16(9)12-10(17(18)19)5-6-11(13)14-12/h5-6,9H,3-4,7-8H2,1-2H3. The summed E-state index contributed by atoms with van der Waals surface area (Å²) in [6.07, 6.45) is 2.04. The molecule has 0 radical (unpaired) electrons. The van der Waals surface area contributed by atoms with Crippen molar-refractivity contribution >= 4 is 23.1 Å². The molecule has 104 valence electrons. The zero-order valence-corrected chi connectivity index (χ0v) is 11.8. The van der Waals surface area contributed by atoms with Crippen LogP contribution in [0.25, 0.3) is 0 Å². The molecule has 0 aromatic carbocycles. The van der Waals surface area contributed by atoms with Crippen molar-refractivity contribution in [3.63, 3.8) is 0 Å². The van der Waals surface area contributed by atoms with Crippen molar-refractivity contribution in [2.45, 2.75) is 18.9 Å². The molecular formula is C12H17ClN4O2. The van der Waals surface area contributed by atoms with Gasteiger partial charge in [-0.05, 0) is 33.0 Å². The van der Waals surface area contributed by atoms with Crippen molar-refractivity contribution in [3.05, 3.63) is 27.4 Å². The summed E-state index contributed by atoms with van der Waals surface area (Å²) in [5.74, 6) is 0.391. The number of rotatable bonds is 4. The van der Waals surface area contributed by atoms with Crippen LogP contribution in [0.3, 0.4) is 0 Å². The Bertz CT molecular complexity index is 481. The molecule has 0 saturated carbocycles. The molecule has 1 aromatic heterocycles. The Morgan fingerprint density at radius 2 is 2.32 bits per heavy atom. The minimum atomic E-state index is -0.399. The van der Waals surface area contributed by atoms with Gasteiger partial charge >= 0.3 is 5.69 Å². The first kappa shape index (κ1) is 14.0. The Morgan fingerprint density at radius 1 is 1.58 bits per heavy atom. The zero-order chi connectivity index (χ0) is 14.0. The lowest BCUT2D eigenvalue weighted by Gasteiger charge is -2.27. The third-order valence-corrected chi connectivity index (χ3v) is 3.45. The number of nitro groups is 1. The summed E-state index contributed by atoms with van der Waals surface area (Å²) in [5, 5.41) is 11.4. The van der Waals surface area contributed by atoms with Gasteiger partial charge in [-0.1, -0.05) is 11.6 Å². The Balaban J connectivity index is 2.34. The molecule has 7 heteroatoms. The summed E-state index contributed by atoms with van der Waals surface area (Å²) in [4.78, 5) is 19.0. The summed E-state index contributed by atoms with van der Waals surface area (Å²) < 4.78 is 0. The van der Waals surface area contributed by atoms with Crippen LogP contribution in [-0.2, 0) is 0 Å². The molecule has 1 saturated heterocycles. The molecule has 0 spiro atoms. The van der Waals surface area contributed by atoms with Gasteiger partial charge in [0.05, 0.1) is 4.92 Å². The van der Waals surface area contributed by atoms with Crippen LogP contribution in [0.4, 0.5) is 11.5 Å². The fourth-order valence-corrected chi connectivity index (χ4v) is 2.64. The highest BCUT2D eigenvalue weighted by atomic mass is 35.5. The minimum absolute atomic E-state index is 0.0232. The average Bonchev–Trinajstić information content (AvgIpc) is 2.75. The molecule has 2 heterocycles. The summed E-state index contributed by atoms with van der Waals surface area (Å²) in [7, 11) is 3.99. The molecule has 1 aliphatic rings. The number of halogens is 1. The van der Waals surface area contributed by atoms with Gasteiger partial charge in [0.25, 0.3) is 0 Å². The second kappa shape index (κ2) is 5.71. The largest absolute Gasteiger partial charge is 0.347 e. The summed E-state index contributed by atoms with van der Waals surface area (Å²) >= 11 is 5.88. The monoisotopic (exact) mass is 284 g/mol. The number of pyridine rings is 1. The fraction of sp³-hybridized carbons (Fsp3) is 0.583. The first-order chi connectivity index (χ1) is 8.99. The van der Waals surface area contributed by atoms with Crippen molar-refractivity contribution in [3.8, 4) is 0 Å². The highest BCUT2D eigenvalue weighted by Gasteiger charge is 2.31. The molecule has 1 unspecified atom stereocenters. The number of likely N-dealkylation sites (N-methyl/N-ethyl adjacent to an activating group) is 1. The highest BCUT2D eigenvalue weighted by molar-refractivity contribution is 6.29. The molecule has 0 bridgehead atoms. The van der Waals surface area contributed by atoms with Gasteiger partial charge in [0, 0.05) is 25.2 Å². The predicted octanol–water partition coefficient (Wildman–Crippen LogP) is 2.17. The van der Waals surface area contributed by atoms with Crippen LogP contribution in [0.2, 0.25) is 5.15 Å². The van der Waals surface area contributed by atoms with Gasteiger partial charge in [0.2, 0.25) is 5.82 Å². The van der Waals surface area contributed by atoms with Gasteiger partial charge in [-0.2, -0.15) is 0 Å². The van der Waals surface area contributed by atoms with E-state index in [4.69, 9.17) is 11.6 Å². The van der Waals surface area contributed by atoms with Gasteiger partial charge in [-0.25, -0.2) is 4.98 Å². The molecular weight excluding hydrogens is 268 g/mol. The van der Waals surface area contributed by atoms with Crippen LogP contribution in [-0.4, -0.2) is 48.0 Å². The quantitative estimate of drug-likeness (QED) is 0.482. The van der Waals surface area contributed by atoms with Gasteiger partial charge in [0.1, 0.15) is 5.15 Å². The Kier molecular flexibility index (Phi) is 4.21. The average molecular weight is 285 g/mol. The lowest BCUT2D eigenvalue weighted by atomic mass is 10.2. The van der Waals surface area contributed by atoms with Crippen LogP contribution >= 0.6 is 11.6 Å². The predicted molar refractivity (Wildman–Crippen MR) is 74.8 cm³/mol. The Hall–Kier alpha value is -1.40. The van der Waals surface area contributed by atoms with E-state index in [2.05, 4.69) is 9.88 Å². The van der Waals surface area contributed by atoms with Crippen molar-refractivity contribution < 1.29 is 4.92 Å². The normalized spacial score (nSPS) is 19.2. The molecule has 19 heavy (non-hydrogen) atoms. The van der Waals surface area contributed by atoms with Crippen LogP contribution in [0, 0.1) is 10.1 Å². The lowest BCUT2D eigenvalue weighted by molar-refractivity contribution is -0.384. The molecule has 0 aliphatic carbocycles. The summed E-state index contributed by atoms with van der Waals surface area (Å²) in [6, 6.07) is 3.13. The van der Waals surface area contributed by atoms with E-state index in [1.807, 2.05) is 19.0 Å². The maximum atomic E-state index is 11.1. The summed E-state index contributed by atoms with van der Waals surface area (Å²) in [5.41, 5.74) is 0.0232. The smallest absolute Gasteiger partial charge is 0.311 e. The van der Waals surface area contributed by atoms with Gasteiger partial charge in [-0.3, -0.25) is 10.1 Å². The van der Waals surface area contributed by atoms with E-state index in [9.17, 15) is 10.1 Å². The number of nitrogens with zero attached hydrogens (tertiary/aromatic N) is 4. The zero-order valence-electron chi connectivity index (χ0n) is 11.0. The number of hydrogen-bond acceptors (Lipinski definition) is 5. The van der Waals surface area contributed by atoms with Gasteiger partial charge in [-0.15, -0.1) is 0 Å². The molecule has 1 aromatic rings. The third kappa shape index (κ3) is 3.13. The van der Waals surface area contributed by atoms with E-state index in [0.717, 1.165) is 25.9 Å².